The number of nitrogens with zero attached hydrogens (tertiary/aromatic N) is 1. The largest absolute Gasteiger partial charge is 0.481 e. The van der Waals surface area contributed by atoms with Crippen LogP contribution >= 0.6 is 0 Å². The van der Waals surface area contributed by atoms with E-state index >= 15 is 0 Å². The van der Waals surface area contributed by atoms with E-state index < -0.39 is 17.7 Å². The molecule has 0 saturated carbocycles. The Labute approximate surface area is 165 Å². The SMILES string of the molecule is C=CC(=O)N[C@H]1Cc2c(CC(=O)O)cccc2N(c2ccc(C(F)(F)F)cc2)C1. The van der Waals surface area contributed by atoms with Crippen molar-refractivity contribution in [1.82, 2.24) is 5.32 Å². The van der Waals surface area contributed by atoms with Crippen molar-refractivity contribution in [3.8, 4) is 0 Å². The number of nitrogens with one attached hydrogen (secondary N) is 1. The summed E-state index contributed by atoms with van der Waals surface area (Å²) >= 11 is 0. The second-order valence-corrected chi connectivity index (χ2v) is 6.75. The molecule has 0 radical (unpaired) electrons. The average Bonchev–Trinajstić information content (AvgIpc) is 2.67. The fourth-order valence-electron chi connectivity index (χ4n) is 3.50. The minimum Gasteiger partial charge on any atom is -0.481 e. The molecule has 2 N–H and O–H groups in total. The predicted molar refractivity (Wildman–Crippen MR) is 102 cm³/mol. The van der Waals surface area contributed by atoms with Crippen molar-refractivity contribution in [2.24, 2.45) is 0 Å². The normalized spacial score (nSPS) is 16.1. The summed E-state index contributed by atoms with van der Waals surface area (Å²) in [6.45, 7) is 3.76. The third-order valence-electron chi connectivity index (χ3n) is 4.77. The molecule has 1 heterocycles. The highest BCUT2D eigenvalue weighted by Gasteiger charge is 2.32. The zero-order valence-electron chi connectivity index (χ0n) is 15.4. The molecule has 1 amide bonds. The zero-order chi connectivity index (χ0) is 21.2. The zero-order valence-corrected chi connectivity index (χ0v) is 15.4. The summed E-state index contributed by atoms with van der Waals surface area (Å²) in [6.07, 6.45) is -3.07. The Kier molecular flexibility index (Phi) is 5.63. The Balaban J connectivity index is 2.03. The number of carboxylic acids is 1. The van der Waals surface area contributed by atoms with Crippen LogP contribution in [-0.2, 0) is 28.6 Å². The molecule has 152 valence electrons. The second-order valence-electron chi connectivity index (χ2n) is 6.75. The second kappa shape index (κ2) is 7.98. The minimum atomic E-state index is -4.44. The molecule has 2 aromatic carbocycles. The van der Waals surface area contributed by atoms with Gasteiger partial charge in [-0.15, -0.1) is 0 Å². The van der Waals surface area contributed by atoms with Gasteiger partial charge in [0, 0.05) is 17.9 Å². The number of halogens is 3. The van der Waals surface area contributed by atoms with Gasteiger partial charge in [-0.05, 0) is 54.0 Å². The molecule has 3 rings (SSSR count). The van der Waals surface area contributed by atoms with Gasteiger partial charge < -0.3 is 15.3 Å². The molecule has 0 unspecified atom stereocenters. The van der Waals surface area contributed by atoms with Crippen molar-refractivity contribution in [2.75, 3.05) is 11.4 Å². The third kappa shape index (κ3) is 4.59. The lowest BCUT2D eigenvalue weighted by atomic mass is 9.91. The molecule has 1 aliphatic heterocycles. The number of hydrogen-bond donors (Lipinski definition) is 2. The van der Waals surface area contributed by atoms with Crippen LogP contribution < -0.4 is 10.2 Å². The van der Waals surface area contributed by atoms with Crippen molar-refractivity contribution in [3.63, 3.8) is 0 Å². The van der Waals surface area contributed by atoms with Crippen LogP contribution in [0.3, 0.4) is 0 Å². The highest BCUT2D eigenvalue weighted by Crippen LogP contribution is 2.37. The van der Waals surface area contributed by atoms with Gasteiger partial charge in [-0.3, -0.25) is 9.59 Å². The highest BCUT2D eigenvalue weighted by atomic mass is 19.4. The van der Waals surface area contributed by atoms with E-state index in [1.165, 1.54) is 12.1 Å². The maximum Gasteiger partial charge on any atom is 0.416 e. The van der Waals surface area contributed by atoms with Gasteiger partial charge in [-0.1, -0.05) is 18.7 Å². The Bertz CT molecular complexity index is 939. The third-order valence-corrected chi connectivity index (χ3v) is 4.77. The molecule has 0 saturated heterocycles. The molecule has 2 aromatic rings. The first kappa shape index (κ1) is 20.4. The Morgan fingerprint density at radius 2 is 1.90 bits per heavy atom. The summed E-state index contributed by atoms with van der Waals surface area (Å²) in [5, 5.41) is 12.0. The van der Waals surface area contributed by atoms with Crippen LogP contribution in [0, 0.1) is 0 Å². The molecule has 0 aromatic heterocycles. The molecular weight excluding hydrogens is 385 g/mol. The Morgan fingerprint density at radius 1 is 1.21 bits per heavy atom. The summed E-state index contributed by atoms with van der Waals surface area (Å²) in [7, 11) is 0. The summed E-state index contributed by atoms with van der Waals surface area (Å²) in [5.74, 6) is -1.36. The number of benzene rings is 2. The number of carbonyl (C=O) groups is 2. The topological polar surface area (TPSA) is 69.6 Å². The highest BCUT2D eigenvalue weighted by molar-refractivity contribution is 5.87. The first-order valence-electron chi connectivity index (χ1n) is 8.89. The quantitative estimate of drug-likeness (QED) is 0.746. The van der Waals surface area contributed by atoms with Crippen LogP contribution in [0.5, 0.6) is 0 Å². The van der Waals surface area contributed by atoms with E-state index in [2.05, 4.69) is 11.9 Å². The lowest BCUT2D eigenvalue weighted by molar-refractivity contribution is -0.138. The molecule has 0 spiro atoms. The van der Waals surface area contributed by atoms with Crippen LogP contribution in [0.4, 0.5) is 24.5 Å². The fraction of sp³-hybridized carbons (Fsp3) is 0.238. The summed E-state index contributed by atoms with van der Waals surface area (Å²) in [6, 6.07) is 9.60. The number of hydrogen-bond acceptors (Lipinski definition) is 3. The number of alkyl halides is 3. The standard InChI is InChI=1S/C21H19F3N2O3/c1-2-19(27)25-15-11-17-13(10-20(28)29)4-3-5-18(17)26(12-15)16-8-6-14(7-9-16)21(22,23)24/h2-9,15H,1,10-12H2,(H,25,27)(H,28,29)/t15-/m0/s1. The van der Waals surface area contributed by atoms with Gasteiger partial charge in [0.05, 0.1) is 18.0 Å². The Morgan fingerprint density at radius 3 is 2.48 bits per heavy atom. The van der Waals surface area contributed by atoms with Crippen LogP contribution in [0.1, 0.15) is 16.7 Å². The van der Waals surface area contributed by atoms with Crippen LogP contribution in [-0.4, -0.2) is 29.6 Å². The van der Waals surface area contributed by atoms with Gasteiger partial charge in [0.2, 0.25) is 5.91 Å². The van der Waals surface area contributed by atoms with E-state index in [1.54, 1.807) is 23.1 Å². The maximum atomic E-state index is 12.9. The summed E-state index contributed by atoms with van der Waals surface area (Å²) < 4.78 is 38.7. The molecule has 0 aliphatic carbocycles. The van der Waals surface area contributed by atoms with Crippen molar-refractivity contribution < 1.29 is 27.9 Å². The van der Waals surface area contributed by atoms with Crippen LogP contribution in [0.15, 0.2) is 55.1 Å². The summed E-state index contributed by atoms with van der Waals surface area (Å²) in [4.78, 5) is 24.8. The molecule has 0 fully saturated rings. The lowest BCUT2D eigenvalue weighted by Crippen LogP contribution is -2.46. The van der Waals surface area contributed by atoms with E-state index in [9.17, 15) is 27.9 Å². The average molecular weight is 404 g/mol. The van der Waals surface area contributed by atoms with Gasteiger partial charge >= 0.3 is 12.1 Å². The van der Waals surface area contributed by atoms with Gasteiger partial charge in [-0.2, -0.15) is 13.2 Å². The van der Waals surface area contributed by atoms with E-state index in [0.717, 1.165) is 23.8 Å². The minimum absolute atomic E-state index is 0.188. The first-order chi connectivity index (χ1) is 13.7. The van der Waals surface area contributed by atoms with Crippen molar-refractivity contribution in [1.29, 1.82) is 0 Å². The number of fused-ring (bicyclic) bond motifs is 1. The number of carbonyl (C=O) groups excluding carboxylic acids is 1. The molecule has 8 heteroatoms. The molecular formula is C21H19F3N2O3. The number of carboxylic acid groups (broad SMARTS) is 1. The van der Waals surface area contributed by atoms with Crippen LogP contribution in [0.2, 0.25) is 0 Å². The number of anilines is 2. The molecule has 0 bridgehead atoms. The maximum absolute atomic E-state index is 12.9. The van der Waals surface area contributed by atoms with E-state index in [-0.39, 0.29) is 18.4 Å². The Hall–Kier alpha value is -3.29. The smallest absolute Gasteiger partial charge is 0.416 e. The fourth-order valence-corrected chi connectivity index (χ4v) is 3.50. The lowest BCUT2D eigenvalue weighted by Gasteiger charge is -2.37. The number of amides is 1. The van der Waals surface area contributed by atoms with E-state index in [0.29, 0.717) is 29.9 Å². The van der Waals surface area contributed by atoms with Gasteiger partial charge in [0.25, 0.3) is 0 Å². The van der Waals surface area contributed by atoms with Gasteiger partial charge in [-0.25, -0.2) is 0 Å². The van der Waals surface area contributed by atoms with Crippen molar-refractivity contribution in [2.45, 2.75) is 25.1 Å². The van der Waals surface area contributed by atoms with Crippen molar-refractivity contribution >= 4 is 23.3 Å². The number of aliphatic carboxylic acids is 1. The monoisotopic (exact) mass is 404 g/mol. The summed E-state index contributed by atoms with van der Waals surface area (Å²) in [5.41, 5.74) is 1.83. The first-order valence-corrected chi connectivity index (χ1v) is 8.89. The van der Waals surface area contributed by atoms with Gasteiger partial charge in [0.1, 0.15) is 0 Å². The number of rotatable bonds is 5. The molecule has 1 atom stereocenters. The van der Waals surface area contributed by atoms with Crippen molar-refractivity contribution in [3.05, 3.63) is 71.8 Å². The molecule has 29 heavy (non-hydrogen) atoms. The molecule has 1 aliphatic rings. The van der Waals surface area contributed by atoms with E-state index in [1.807, 2.05) is 0 Å². The van der Waals surface area contributed by atoms with E-state index in [4.69, 9.17) is 0 Å². The van der Waals surface area contributed by atoms with Crippen LogP contribution in [0.25, 0.3) is 0 Å². The van der Waals surface area contributed by atoms with Gasteiger partial charge in [0.15, 0.2) is 0 Å². The predicted octanol–water partition coefficient (Wildman–Crippen LogP) is 3.70. The molecule has 5 nitrogen and oxygen atoms in total.